The van der Waals surface area contributed by atoms with Gasteiger partial charge in [-0.3, -0.25) is 4.79 Å². The lowest BCUT2D eigenvalue weighted by Gasteiger charge is -2.14. The largest absolute Gasteiger partial charge is 0.464 e. The summed E-state index contributed by atoms with van der Waals surface area (Å²) >= 11 is 0. The summed E-state index contributed by atoms with van der Waals surface area (Å²) in [6.07, 6.45) is 5.23. The molecule has 0 unspecified atom stereocenters. The van der Waals surface area contributed by atoms with Crippen LogP contribution in [0.25, 0.3) is 11.0 Å². The van der Waals surface area contributed by atoms with Crippen molar-refractivity contribution in [3.63, 3.8) is 0 Å². The molecule has 0 fully saturated rings. The molecule has 2 aromatic rings. The fraction of sp³-hybridized carbons (Fsp3) is 0.389. The van der Waals surface area contributed by atoms with Gasteiger partial charge < -0.3 is 15.1 Å². The van der Waals surface area contributed by atoms with E-state index in [2.05, 4.69) is 36.6 Å². The molecule has 1 aliphatic rings. The van der Waals surface area contributed by atoms with Gasteiger partial charge in [0.1, 0.15) is 5.58 Å². The zero-order valence-electron chi connectivity index (χ0n) is 13.2. The van der Waals surface area contributed by atoms with Gasteiger partial charge in [0.2, 0.25) is 5.91 Å². The van der Waals surface area contributed by atoms with Gasteiger partial charge in [0.05, 0.1) is 12.7 Å². The van der Waals surface area contributed by atoms with Gasteiger partial charge in [-0.05, 0) is 37.9 Å². The number of rotatable bonds is 4. The van der Waals surface area contributed by atoms with Crippen LogP contribution in [0.2, 0.25) is 0 Å². The molecular formula is C18H22N2O2. The topological polar surface area (TPSA) is 54.3 Å². The predicted octanol–water partition coefficient (Wildman–Crippen LogP) is 2.63. The highest BCUT2D eigenvalue weighted by Gasteiger charge is 2.13. The van der Waals surface area contributed by atoms with Crippen molar-refractivity contribution >= 4 is 16.9 Å². The SMILES string of the molecule is Cc1ccc2c(CC(=O)NCC3=CCNCC3)coc2c1C. The first-order chi connectivity index (χ1) is 10.6. The molecular weight excluding hydrogens is 276 g/mol. The van der Waals surface area contributed by atoms with Gasteiger partial charge in [-0.1, -0.05) is 23.8 Å². The lowest BCUT2D eigenvalue weighted by molar-refractivity contribution is -0.120. The van der Waals surface area contributed by atoms with Crippen molar-refractivity contribution in [2.75, 3.05) is 19.6 Å². The summed E-state index contributed by atoms with van der Waals surface area (Å²) in [7, 11) is 0. The molecule has 4 nitrogen and oxygen atoms in total. The van der Waals surface area contributed by atoms with Crippen LogP contribution >= 0.6 is 0 Å². The van der Waals surface area contributed by atoms with Crippen LogP contribution in [0.4, 0.5) is 0 Å². The van der Waals surface area contributed by atoms with Gasteiger partial charge in [0.15, 0.2) is 0 Å². The fourth-order valence-electron chi connectivity index (χ4n) is 2.80. The third-order valence-electron chi connectivity index (χ3n) is 4.36. The van der Waals surface area contributed by atoms with Crippen LogP contribution in [-0.4, -0.2) is 25.5 Å². The number of amides is 1. The first kappa shape index (κ1) is 14.9. The average molecular weight is 298 g/mol. The Kier molecular flexibility index (Phi) is 4.29. The van der Waals surface area contributed by atoms with Crippen molar-refractivity contribution in [2.45, 2.75) is 26.7 Å². The van der Waals surface area contributed by atoms with E-state index in [4.69, 9.17) is 4.42 Å². The van der Waals surface area contributed by atoms with Gasteiger partial charge in [0, 0.05) is 24.0 Å². The molecule has 2 N–H and O–H groups in total. The first-order valence-electron chi connectivity index (χ1n) is 7.77. The molecule has 116 valence electrons. The minimum Gasteiger partial charge on any atom is -0.464 e. The third kappa shape index (κ3) is 3.07. The standard InChI is InChI=1S/C18H22N2O2/c1-12-3-4-16-15(11-22-18(16)13(12)2)9-17(21)20-10-14-5-7-19-8-6-14/h3-5,11,19H,6-10H2,1-2H3,(H,20,21). The second-order valence-corrected chi connectivity index (χ2v) is 5.92. The number of hydrogen-bond acceptors (Lipinski definition) is 3. The Morgan fingerprint density at radius 3 is 3.00 bits per heavy atom. The Morgan fingerprint density at radius 2 is 2.23 bits per heavy atom. The number of aryl methyl sites for hydroxylation is 2. The summed E-state index contributed by atoms with van der Waals surface area (Å²) < 4.78 is 5.66. The minimum absolute atomic E-state index is 0.0420. The second kappa shape index (κ2) is 6.36. The maximum atomic E-state index is 12.2. The average Bonchev–Trinajstić information content (AvgIpc) is 2.93. The molecule has 1 amide bonds. The van der Waals surface area contributed by atoms with Gasteiger partial charge in [-0.2, -0.15) is 0 Å². The highest BCUT2D eigenvalue weighted by molar-refractivity contribution is 5.89. The summed E-state index contributed by atoms with van der Waals surface area (Å²) in [5.74, 6) is 0.0420. The molecule has 3 rings (SSSR count). The number of fused-ring (bicyclic) bond motifs is 1. The molecule has 0 saturated heterocycles. The predicted molar refractivity (Wildman–Crippen MR) is 88.0 cm³/mol. The summed E-state index contributed by atoms with van der Waals surface area (Å²) in [5, 5.41) is 7.31. The molecule has 0 bridgehead atoms. The van der Waals surface area contributed by atoms with E-state index in [9.17, 15) is 4.79 Å². The molecule has 1 aromatic carbocycles. The number of nitrogens with one attached hydrogen (secondary N) is 2. The molecule has 4 heteroatoms. The van der Waals surface area contributed by atoms with Gasteiger partial charge in [-0.15, -0.1) is 0 Å². The number of benzene rings is 1. The Hall–Kier alpha value is -2.07. The van der Waals surface area contributed by atoms with Crippen molar-refractivity contribution in [2.24, 2.45) is 0 Å². The van der Waals surface area contributed by atoms with E-state index < -0.39 is 0 Å². The maximum absolute atomic E-state index is 12.2. The highest BCUT2D eigenvalue weighted by atomic mass is 16.3. The summed E-state index contributed by atoms with van der Waals surface area (Å²) in [5.41, 5.74) is 5.49. The normalized spacial score (nSPS) is 14.9. The lowest BCUT2D eigenvalue weighted by Crippen LogP contribution is -2.30. The molecule has 1 aliphatic heterocycles. The maximum Gasteiger partial charge on any atom is 0.224 e. The molecule has 2 heterocycles. The number of hydrogen-bond donors (Lipinski definition) is 2. The zero-order chi connectivity index (χ0) is 15.5. The van der Waals surface area contributed by atoms with Crippen LogP contribution < -0.4 is 10.6 Å². The van der Waals surface area contributed by atoms with Crippen LogP contribution in [0.1, 0.15) is 23.1 Å². The van der Waals surface area contributed by atoms with Crippen molar-refractivity contribution in [1.29, 1.82) is 0 Å². The molecule has 0 atom stereocenters. The fourth-order valence-corrected chi connectivity index (χ4v) is 2.80. The smallest absolute Gasteiger partial charge is 0.224 e. The van der Waals surface area contributed by atoms with E-state index >= 15 is 0 Å². The van der Waals surface area contributed by atoms with Gasteiger partial charge >= 0.3 is 0 Å². The molecule has 0 aliphatic carbocycles. The minimum atomic E-state index is 0.0420. The summed E-state index contributed by atoms with van der Waals surface area (Å²) in [4.78, 5) is 12.2. The van der Waals surface area contributed by atoms with Gasteiger partial charge in [0.25, 0.3) is 0 Å². The van der Waals surface area contributed by atoms with Crippen molar-refractivity contribution in [3.8, 4) is 0 Å². The molecule has 0 radical (unpaired) electrons. The Morgan fingerprint density at radius 1 is 1.36 bits per heavy atom. The van der Waals surface area contributed by atoms with Gasteiger partial charge in [-0.25, -0.2) is 0 Å². The third-order valence-corrected chi connectivity index (χ3v) is 4.36. The molecule has 22 heavy (non-hydrogen) atoms. The second-order valence-electron chi connectivity index (χ2n) is 5.92. The zero-order valence-corrected chi connectivity index (χ0v) is 13.2. The van der Waals surface area contributed by atoms with Crippen LogP contribution in [-0.2, 0) is 11.2 Å². The van der Waals surface area contributed by atoms with E-state index in [1.54, 1.807) is 6.26 Å². The van der Waals surface area contributed by atoms with E-state index in [0.29, 0.717) is 13.0 Å². The Labute approximate surface area is 130 Å². The monoisotopic (exact) mass is 298 g/mol. The Balaban J connectivity index is 1.66. The summed E-state index contributed by atoms with van der Waals surface area (Å²) in [6, 6.07) is 4.12. The van der Waals surface area contributed by atoms with Crippen molar-refractivity contribution in [1.82, 2.24) is 10.6 Å². The quantitative estimate of drug-likeness (QED) is 0.853. The van der Waals surface area contributed by atoms with Crippen molar-refractivity contribution in [3.05, 3.63) is 46.7 Å². The first-order valence-corrected chi connectivity index (χ1v) is 7.77. The van der Waals surface area contributed by atoms with Crippen molar-refractivity contribution < 1.29 is 9.21 Å². The van der Waals surface area contributed by atoms with E-state index in [-0.39, 0.29) is 5.91 Å². The van der Waals surface area contributed by atoms with E-state index in [1.807, 2.05) is 6.07 Å². The van der Waals surface area contributed by atoms with Crippen LogP contribution in [0.15, 0.2) is 34.5 Å². The number of carbonyl (C=O) groups is 1. The number of furan rings is 1. The van der Waals surface area contributed by atoms with E-state index in [0.717, 1.165) is 41.6 Å². The lowest BCUT2D eigenvalue weighted by atomic mass is 10.0. The molecule has 0 saturated carbocycles. The summed E-state index contributed by atoms with van der Waals surface area (Å²) in [6.45, 7) is 6.66. The van der Waals surface area contributed by atoms with E-state index in [1.165, 1.54) is 11.1 Å². The Bertz CT molecular complexity index is 728. The van der Waals surface area contributed by atoms with Crippen LogP contribution in [0, 0.1) is 13.8 Å². The van der Waals surface area contributed by atoms with Crippen LogP contribution in [0.3, 0.4) is 0 Å². The van der Waals surface area contributed by atoms with Crippen LogP contribution in [0.5, 0.6) is 0 Å². The highest BCUT2D eigenvalue weighted by Crippen LogP contribution is 2.26. The molecule has 1 aromatic heterocycles. The molecule has 0 spiro atoms. The number of carbonyl (C=O) groups excluding carboxylic acids is 1.